The molecule has 0 fully saturated rings. The van der Waals surface area contributed by atoms with Crippen molar-refractivity contribution in [2.24, 2.45) is 0 Å². The molecule has 104 valence electrons. The quantitative estimate of drug-likeness (QED) is 0.678. The van der Waals surface area contributed by atoms with E-state index in [2.05, 4.69) is 5.32 Å². The minimum Gasteiger partial charge on any atom is -0.354 e. The first-order chi connectivity index (χ1) is 7.80. The van der Waals surface area contributed by atoms with Crippen LogP contribution >= 0.6 is 0 Å². The zero-order valence-electron chi connectivity index (χ0n) is 10.8. The van der Waals surface area contributed by atoms with E-state index in [0.717, 1.165) is 0 Å². The molecule has 6 heteroatoms. The highest BCUT2D eigenvalue weighted by molar-refractivity contribution is 4.70. The van der Waals surface area contributed by atoms with Gasteiger partial charge in [0.15, 0.2) is 6.29 Å². The molecule has 0 aromatic heterocycles. The van der Waals surface area contributed by atoms with Crippen LogP contribution in [0, 0.1) is 0 Å². The lowest BCUT2D eigenvalue weighted by atomic mass is 10.1. The van der Waals surface area contributed by atoms with Crippen LogP contribution in [0.5, 0.6) is 0 Å². The van der Waals surface area contributed by atoms with Crippen molar-refractivity contribution in [1.82, 2.24) is 5.32 Å². The fourth-order valence-electron chi connectivity index (χ4n) is 1.72. The number of rotatable bonds is 8. The number of ether oxygens (including phenoxy) is 2. The largest absolute Gasteiger partial charge is 0.389 e. The molecule has 17 heavy (non-hydrogen) atoms. The van der Waals surface area contributed by atoms with Crippen LogP contribution in [-0.4, -0.2) is 38.8 Å². The summed E-state index contributed by atoms with van der Waals surface area (Å²) >= 11 is 0. The summed E-state index contributed by atoms with van der Waals surface area (Å²) in [5, 5.41) is 3.15. The first-order valence-corrected chi connectivity index (χ1v) is 5.68. The van der Waals surface area contributed by atoms with Gasteiger partial charge in [0.2, 0.25) is 0 Å². The van der Waals surface area contributed by atoms with Gasteiger partial charge in [0.25, 0.3) is 0 Å². The SMILES string of the molecule is COC(OC)C(C)NC(C)CCCC(F)(F)F. The van der Waals surface area contributed by atoms with Crippen molar-refractivity contribution in [3.05, 3.63) is 0 Å². The molecule has 2 atom stereocenters. The van der Waals surface area contributed by atoms with Gasteiger partial charge in [-0.05, 0) is 26.7 Å². The number of hydrogen-bond donors (Lipinski definition) is 1. The van der Waals surface area contributed by atoms with Gasteiger partial charge in [-0.2, -0.15) is 13.2 Å². The average Bonchev–Trinajstić information content (AvgIpc) is 2.17. The fraction of sp³-hybridized carbons (Fsp3) is 1.00. The highest BCUT2D eigenvalue weighted by Crippen LogP contribution is 2.22. The Hall–Kier alpha value is -0.330. The molecule has 0 bridgehead atoms. The molecule has 0 aliphatic carbocycles. The lowest BCUT2D eigenvalue weighted by molar-refractivity contribution is -0.136. The molecule has 0 aliphatic rings. The van der Waals surface area contributed by atoms with Crippen molar-refractivity contribution in [2.75, 3.05) is 14.2 Å². The molecule has 0 aromatic carbocycles. The fourth-order valence-corrected chi connectivity index (χ4v) is 1.72. The van der Waals surface area contributed by atoms with E-state index in [1.165, 1.54) is 14.2 Å². The summed E-state index contributed by atoms with van der Waals surface area (Å²) in [4.78, 5) is 0. The molecule has 0 saturated carbocycles. The maximum absolute atomic E-state index is 11.9. The van der Waals surface area contributed by atoms with Crippen molar-refractivity contribution in [3.63, 3.8) is 0 Å². The molecule has 2 unspecified atom stereocenters. The first-order valence-electron chi connectivity index (χ1n) is 5.68. The van der Waals surface area contributed by atoms with E-state index in [1.54, 1.807) is 0 Å². The molecule has 0 rings (SSSR count). The van der Waals surface area contributed by atoms with Gasteiger partial charge in [0, 0.05) is 26.7 Å². The summed E-state index contributed by atoms with van der Waals surface area (Å²) < 4.78 is 45.9. The third-order valence-electron chi connectivity index (χ3n) is 2.52. The van der Waals surface area contributed by atoms with E-state index >= 15 is 0 Å². The van der Waals surface area contributed by atoms with Crippen LogP contribution in [0.25, 0.3) is 0 Å². The van der Waals surface area contributed by atoms with Crippen LogP contribution in [0.3, 0.4) is 0 Å². The molecule has 0 aromatic rings. The van der Waals surface area contributed by atoms with Gasteiger partial charge in [-0.3, -0.25) is 0 Å². The Balaban J connectivity index is 3.81. The standard InChI is InChI=1S/C11H22F3NO2/c1-8(6-5-7-11(12,13)14)15-9(2)10(16-3)17-4/h8-10,15H,5-7H2,1-4H3. The van der Waals surface area contributed by atoms with Crippen LogP contribution in [0.4, 0.5) is 13.2 Å². The van der Waals surface area contributed by atoms with Crippen LogP contribution in [0.1, 0.15) is 33.1 Å². The summed E-state index contributed by atoms with van der Waals surface area (Å²) in [7, 11) is 3.06. The molecule has 3 nitrogen and oxygen atoms in total. The lowest BCUT2D eigenvalue weighted by Crippen LogP contribution is -2.44. The lowest BCUT2D eigenvalue weighted by Gasteiger charge is -2.25. The Labute approximate surface area is 101 Å². The van der Waals surface area contributed by atoms with Crippen molar-refractivity contribution in [2.45, 2.75) is 57.7 Å². The molecule has 1 N–H and O–H groups in total. The zero-order valence-corrected chi connectivity index (χ0v) is 10.8. The maximum Gasteiger partial charge on any atom is 0.389 e. The first kappa shape index (κ1) is 16.7. The number of halogens is 3. The topological polar surface area (TPSA) is 30.5 Å². The van der Waals surface area contributed by atoms with E-state index in [1.807, 2.05) is 13.8 Å². The second-order valence-electron chi connectivity index (χ2n) is 4.20. The number of hydrogen-bond acceptors (Lipinski definition) is 3. The molecule has 0 spiro atoms. The predicted octanol–water partition coefficient (Wildman–Crippen LogP) is 2.70. The van der Waals surface area contributed by atoms with Crippen LogP contribution < -0.4 is 5.32 Å². The van der Waals surface area contributed by atoms with Gasteiger partial charge in [-0.15, -0.1) is 0 Å². The Kier molecular flexibility index (Phi) is 7.74. The summed E-state index contributed by atoms with van der Waals surface area (Å²) in [5.74, 6) is 0. The Morgan fingerprint density at radius 1 is 1.12 bits per heavy atom. The van der Waals surface area contributed by atoms with E-state index in [9.17, 15) is 13.2 Å². The minimum absolute atomic E-state index is 0.000139. The third kappa shape index (κ3) is 8.40. The second-order valence-corrected chi connectivity index (χ2v) is 4.20. The Morgan fingerprint density at radius 2 is 1.65 bits per heavy atom. The van der Waals surface area contributed by atoms with Crippen molar-refractivity contribution in [3.8, 4) is 0 Å². The smallest absolute Gasteiger partial charge is 0.354 e. The average molecular weight is 257 g/mol. The van der Waals surface area contributed by atoms with E-state index in [-0.39, 0.29) is 24.8 Å². The van der Waals surface area contributed by atoms with E-state index < -0.39 is 12.6 Å². The third-order valence-corrected chi connectivity index (χ3v) is 2.52. The van der Waals surface area contributed by atoms with Crippen molar-refractivity contribution >= 4 is 0 Å². The molecule has 0 aliphatic heterocycles. The van der Waals surface area contributed by atoms with Crippen LogP contribution in [0.15, 0.2) is 0 Å². The Morgan fingerprint density at radius 3 is 2.06 bits per heavy atom. The summed E-state index contributed by atoms with van der Waals surface area (Å²) in [5.41, 5.74) is 0. The number of methoxy groups -OCH3 is 2. The molecular formula is C11H22F3NO2. The van der Waals surface area contributed by atoms with Gasteiger partial charge < -0.3 is 14.8 Å². The molecule has 0 heterocycles. The molecule has 0 amide bonds. The van der Waals surface area contributed by atoms with Crippen LogP contribution in [-0.2, 0) is 9.47 Å². The second kappa shape index (κ2) is 7.89. The highest BCUT2D eigenvalue weighted by Gasteiger charge is 2.26. The summed E-state index contributed by atoms with van der Waals surface area (Å²) in [6.45, 7) is 3.73. The van der Waals surface area contributed by atoms with Gasteiger partial charge in [0.1, 0.15) is 0 Å². The zero-order chi connectivity index (χ0) is 13.5. The molecular weight excluding hydrogens is 235 g/mol. The molecule has 0 radical (unpaired) electrons. The number of alkyl halides is 3. The maximum atomic E-state index is 11.9. The van der Waals surface area contributed by atoms with Gasteiger partial charge in [-0.1, -0.05) is 0 Å². The van der Waals surface area contributed by atoms with E-state index in [4.69, 9.17) is 9.47 Å². The number of nitrogens with one attached hydrogen (secondary N) is 1. The minimum atomic E-state index is -4.06. The van der Waals surface area contributed by atoms with Crippen molar-refractivity contribution < 1.29 is 22.6 Å². The van der Waals surface area contributed by atoms with Gasteiger partial charge in [0.05, 0.1) is 6.04 Å². The van der Waals surface area contributed by atoms with E-state index in [0.29, 0.717) is 6.42 Å². The van der Waals surface area contributed by atoms with Gasteiger partial charge in [-0.25, -0.2) is 0 Å². The summed E-state index contributed by atoms with van der Waals surface area (Å²) in [6, 6.07) is -0.0639. The Bertz CT molecular complexity index is 196. The van der Waals surface area contributed by atoms with Crippen LogP contribution in [0.2, 0.25) is 0 Å². The predicted molar refractivity (Wildman–Crippen MR) is 59.8 cm³/mol. The molecule has 0 saturated heterocycles. The summed E-state index contributed by atoms with van der Waals surface area (Å²) in [6.07, 6.45) is -4.57. The highest BCUT2D eigenvalue weighted by atomic mass is 19.4. The normalized spacial score (nSPS) is 16.2. The monoisotopic (exact) mass is 257 g/mol. The van der Waals surface area contributed by atoms with Gasteiger partial charge >= 0.3 is 6.18 Å². The van der Waals surface area contributed by atoms with Crippen molar-refractivity contribution in [1.29, 1.82) is 0 Å².